The minimum Gasteiger partial charge on any atom is -0.398 e. The molecule has 0 aromatic heterocycles. The maximum absolute atomic E-state index is 12.0. The first kappa shape index (κ1) is 16.2. The van der Waals surface area contributed by atoms with Gasteiger partial charge in [-0.15, -0.1) is 0 Å². The Morgan fingerprint density at radius 1 is 1.00 bits per heavy atom. The number of carbonyl (C=O) groups excluding carboxylic acids is 1. The summed E-state index contributed by atoms with van der Waals surface area (Å²) in [5.41, 5.74) is 8.72. The largest absolute Gasteiger partial charge is 0.398 e. The molecule has 2 amide bonds. The second-order valence-corrected chi connectivity index (χ2v) is 6.55. The van der Waals surface area contributed by atoms with E-state index in [0.717, 1.165) is 5.69 Å². The van der Waals surface area contributed by atoms with Crippen molar-refractivity contribution >= 4 is 34.7 Å². The Balaban J connectivity index is 2.01. The van der Waals surface area contributed by atoms with Crippen LogP contribution in [0.5, 0.6) is 0 Å². The number of nitrogen functional groups attached to an aromatic ring is 1. The van der Waals surface area contributed by atoms with E-state index in [9.17, 15) is 4.79 Å². The molecule has 0 saturated carbocycles. The zero-order chi connectivity index (χ0) is 16.3. The number of benzene rings is 2. The highest BCUT2D eigenvalue weighted by atomic mass is 35.5. The summed E-state index contributed by atoms with van der Waals surface area (Å²) >= 11 is 5.92. The molecule has 0 aliphatic rings. The van der Waals surface area contributed by atoms with Crippen LogP contribution in [-0.2, 0) is 5.41 Å². The van der Waals surface area contributed by atoms with E-state index in [0.29, 0.717) is 16.4 Å². The summed E-state index contributed by atoms with van der Waals surface area (Å²) in [6.45, 7) is 6.44. The summed E-state index contributed by atoms with van der Waals surface area (Å²) in [5.74, 6) is 0. The Kier molecular flexibility index (Phi) is 4.62. The average molecular weight is 318 g/mol. The number of amides is 2. The van der Waals surface area contributed by atoms with Crippen LogP contribution in [0.4, 0.5) is 21.9 Å². The fraction of sp³-hybridized carbons (Fsp3) is 0.235. The number of nitrogens with two attached hydrogens (primary N) is 1. The smallest absolute Gasteiger partial charge is 0.323 e. The maximum Gasteiger partial charge on any atom is 0.323 e. The zero-order valence-electron chi connectivity index (χ0n) is 12.9. The summed E-state index contributed by atoms with van der Waals surface area (Å²) in [4.78, 5) is 12.0. The molecule has 5 heteroatoms. The lowest BCUT2D eigenvalue weighted by Gasteiger charge is -2.19. The van der Waals surface area contributed by atoms with Gasteiger partial charge in [-0.3, -0.25) is 0 Å². The monoisotopic (exact) mass is 317 g/mol. The van der Waals surface area contributed by atoms with Crippen LogP contribution in [0, 0.1) is 0 Å². The Labute approximate surface area is 135 Å². The van der Waals surface area contributed by atoms with E-state index in [1.807, 2.05) is 24.3 Å². The van der Waals surface area contributed by atoms with Crippen LogP contribution in [0.2, 0.25) is 5.02 Å². The summed E-state index contributed by atoms with van der Waals surface area (Å²) in [5, 5.41) is 5.90. The molecule has 22 heavy (non-hydrogen) atoms. The Morgan fingerprint density at radius 2 is 1.55 bits per heavy atom. The first-order valence-electron chi connectivity index (χ1n) is 6.99. The molecule has 2 rings (SSSR count). The van der Waals surface area contributed by atoms with E-state index in [4.69, 9.17) is 17.3 Å². The van der Waals surface area contributed by atoms with Crippen molar-refractivity contribution in [3.05, 3.63) is 53.1 Å². The third kappa shape index (κ3) is 4.15. The fourth-order valence-corrected chi connectivity index (χ4v) is 2.13. The van der Waals surface area contributed by atoms with Gasteiger partial charge in [-0.1, -0.05) is 44.5 Å². The van der Waals surface area contributed by atoms with Crippen molar-refractivity contribution in [2.45, 2.75) is 26.2 Å². The van der Waals surface area contributed by atoms with Gasteiger partial charge in [0.2, 0.25) is 0 Å². The van der Waals surface area contributed by atoms with Crippen LogP contribution < -0.4 is 16.4 Å². The highest BCUT2D eigenvalue weighted by Gasteiger charge is 2.13. The van der Waals surface area contributed by atoms with Gasteiger partial charge in [-0.2, -0.15) is 0 Å². The molecular formula is C17H20ClN3O. The van der Waals surface area contributed by atoms with Gasteiger partial charge in [0.25, 0.3) is 0 Å². The lowest BCUT2D eigenvalue weighted by Crippen LogP contribution is -2.19. The van der Waals surface area contributed by atoms with Gasteiger partial charge in [-0.25, -0.2) is 4.79 Å². The van der Waals surface area contributed by atoms with E-state index >= 15 is 0 Å². The molecular weight excluding hydrogens is 298 g/mol. The average Bonchev–Trinajstić information content (AvgIpc) is 2.42. The number of carbonyl (C=O) groups is 1. The highest BCUT2D eigenvalue weighted by Crippen LogP contribution is 2.24. The van der Waals surface area contributed by atoms with E-state index in [1.54, 1.807) is 18.2 Å². The van der Waals surface area contributed by atoms with Gasteiger partial charge in [0.05, 0.1) is 10.7 Å². The van der Waals surface area contributed by atoms with Crippen molar-refractivity contribution in [3.8, 4) is 0 Å². The molecule has 4 N–H and O–H groups in total. The third-order valence-electron chi connectivity index (χ3n) is 3.27. The molecule has 0 saturated heterocycles. The van der Waals surface area contributed by atoms with Gasteiger partial charge in [-0.05, 0) is 41.3 Å². The molecule has 4 nitrogen and oxygen atoms in total. The maximum atomic E-state index is 12.0. The number of anilines is 3. The number of halogens is 1. The SMILES string of the molecule is CC(C)(C)c1ccc(NC(=O)Nc2ccc(N)c(Cl)c2)cc1. The Morgan fingerprint density at radius 3 is 2.09 bits per heavy atom. The molecule has 0 unspecified atom stereocenters. The molecule has 0 fully saturated rings. The summed E-state index contributed by atoms with van der Waals surface area (Å²) < 4.78 is 0. The first-order valence-corrected chi connectivity index (χ1v) is 7.37. The van der Waals surface area contributed by atoms with Crippen molar-refractivity contribution in [1.82, 2.24) is 0 Å². The van der Waals surface area contributed by atoms with Crippen LogP contribution in [0.3, 0.4) is 0 Å². The molecule has 0 aliphatic carbocycles. The highest BCUT2D eigenvalue weighted by molar-refractivity contribution is 6.33. The summed E-state index contributed by atoms with van der Waals surface area (Å²) in [7, 11) is 0. The van der Waals surface area contributed by atoms with E-state index in [-0.39, 0.29) is 11.4 Å². The van der Waals surface area contributed by atoms with Crippen LogP contribution in [0.25, 0.3) is 0 Å². The molecule has 116 valence electrons. The molecule has 0 bridgehead atoms. The van der Waals surface area contributed by atoms with Crippen LogP contribution in [0.1, 0.15) is 26.3 Å². The minimum absolute atomic E-state index is 0.0848. The van der Waals surface area contributed by atoms with Gasteiger partial charge in [0.15, 0.2) is 0 Å². The summed E-state index contributed by atoms with van der Waals surface area (Å²) in [6.07, 6.45) is 0. The van der Waals surface area contributed by atoms with Crippen LogP contribution in [0.15, 0.2) is 42.5 Å². The van der Waals surface area contributed by atoms with E-state index < -0.39 is 0 Å². The topological polar surface area (TPSA) is 67.2 Å². The van der Waals surface area contributed by atoms with Gasteiger partial charge in [0, 0.05) is 11.4 Å². The summed E-state index contributed by atoms with van der Waals surface area (Å²) in [6, 6.07) is 12.4. The second-order valence-electron chi connectivity index (χ2n) is 6.14. The predicted molar refractivity (Wildman–Crippen MR) is 93.6 cm³/mol. The second kappa shape index (κ2) is 6.28. The molecule has 0 spiro atoms. The van der Waals surface area contributed by atoms with Gasteiger partial charge in [0.1, 0.15) is 0 Å². The van der Waals surface area contributed by atoms with Crippen molar-refractivity contribution in [3.63, 3.8) is 0 Å². The van der Waals surface area contributed by atoms with Crippen molar-refractivity contribution < 1.29 is 4.79 Å². The molecule has 2 aromatic carbocycles. The van der Waals surface area contributed by atoms with Crippen molar-refractivity contribution in [2.24, 2.45) is 0 Å². The molecule has 2 aromatic rings. The number of hydrogen-bond acceptors (Lipinski definition) is 2. The van der Waals surface area contributed by atoms with Crippen molar-refractivity contribution in [2.75, 3.05) is 16.4 Å². The number of hydrogen-bond donors (Lipinski definition) is 3. The number of rotatable bonds is 2. The van der Waals surface area contributed by atoms with E-state index in [1.165, 1.54) is 5.56 Å². The molecule has 0 heterocycles. The first-order chi connectivity index (χ1) is 10.3. The lowest BCUT2D eigenvalue weighted by molar-refractivity contribution is 0.262. The van der Waals surface area contributed by atoms with Crippen LogP contribution >= 0.6 is 11.6 Å². The van der Waals surface area contributed by atoms with Crippen molar-refractivity contribution in [1.29, 1.82) is 0 Å². The minimum atomic E-state index is -0.329. The Hall–Kier alpha value is -2.20. The quantitative estimate of drug-likeness (QED) is 0.692. The predicted octanol–water partition coefficient (Wildman–Crippen LogP) is 4.86. The van der Waals surface area contributed by atoms with Gasteiger partial charge >= 0.3 is 6.03 Å². The van der Waals surface area contributed by atoms with E-state index in [2.05, 4.69) is 31.4 Å². The zero-order valence-corrected chi connectivity index (χ0v) is 13.7. The molecule has 0 atom stereocenters. The Bertz CT molecular complexity index is 675. The lowest BCUT2D eigenvalue weighted by atomic mass is 9.87. The number of urea groups is 1. The standard InChI is InChI=1S/C17H20ClN3O/c1-17(2,3)11-4-6-12(7-5-11)20-16(22)21-13-8-9-15(19)14(18)10-13/h4-10H,19H2,1-3H3,(H2,20,21,22). The fourth-order valence-electron chi connectivity index (χ4n) is 1.95. The third-order valence-corrected chi connectivity index (χ3v) is 3.59. The molecule has 0 radical (unpaired) electrons. The molecule has 0 aliphatic heterocycles. The van der Waals surface area contributed by atoms with Gasteiger partial charge < -0.3 is 16.4 Å². The van der Waals surface area contributed by atoms with Crippen LogP contribution in [-0.4, -0.2) is 6.03 Å². The normalized spacial score (nSPS) is 11.1. The number of nitrogens with one attached hydrogen (secondary N) is 2.